The van der Waals surface area contributed by atoms with Crippen molar-refractivity contribution in [1.82, 2.24) is 0 Å². The second kappa shape index (κ2) is 6.04. The number of nitrogen functional groups attached to an aromatic ring is 1. The third-order valence-electron chi connectivity index (χ3n) is 3.78. The zero-order chi connectivity index (χ0) is 14.9. The molecule has 1 unspecified atom stereocenters. The van der Waals surface area contributed by atoms with Crippen LogP contribution < -0.4 is 15.4 Å². The number of rotatable bonds is 4. The maximum Gasteiger partial charge on any atom is 0.177 e. The number of nitrogens with two attached hydrogens (primary N) is 1. The number of carbonyl (C=O) groups excluding carboxylic acids is 1. The first-order chi connectivity index (χ1) is 9.45. The number of hydrogen-bond donors (Lipinski definition) is 1. The maximum atomic E-state index is 12.3. The first-order valence-electron chi connectivity index (χ1n) is 7.21. The van der Waals surface area contributed by atoms with Crippen molar-refractivity contribution in [1.29, 1.82) is 0 Å². The van der Waals surface area contributed by atoms with Crippen LogP contribution in [0.4, 0.5) is 10.7 Å². The summed E-state index contributed by atoms with van der Waals surface area (Å²) in [4.78, 5) is 15.2. The Morgan fingerprint density at radius 2 is 2.20 bits per heavy atom. The molecule has 0 aromatic carbocycles. The summed E-state index contributed by atoms with van der Waals surface area (Å²) >= 11 is 1.48. The molecule has 112 valence electrons. The average Bonchev–Trinajstić information content (AvgIpc) is 2.74. The Kier molecular flexibility index (Phi) is 4.58. The number of nitrogens with zero attached hydrogens (tertiary/aromatic N) is 1. The van der Waals surface area contributed by atoms with Crippen LogP contribution in [0.15, 0.2) is 0 Å². The van der Waals surface area contributed by atoms with E-state index in [1.807, 2.05) is 13.8 Å². The number of piperidine rings is 1. The summed E-state index contributed by atoms with van der Waals surface area (Å²) in [6, 6.07) is 0. The maximum absolute atomic E-state index is 12.3. The number of methoxy groups -OCH3 is 1. The first kappa shape index (κ1) is 15.2. The van der Waals surface area contributed by atoms with Gasteiger partial charge >= 0.3 is 0 Å². The third-order valence-corrected chi connectivity index (χ3v) is 5.04. The molecule has 0 spiro atoms. The number of ketones is 1. The molecule has 1 atom stereocenters. The fourth-order valence-corrected chi connectivity index (χ4v) is 3.95. The van der Waals surface area contributed by atoms with E-state index < -0.39 is 0 Å². The van der Waals surface area contributed by atoms with E-state index in [1.54, 1.807) is 7.11 Å². The van der Waals surface area contributed by atoms with Crippen molar-refractivity contribution >= 4 is 27.8 Å². The van der Waals surface area contributed by atoms with Crippen molar-refractivity contribution < 1.29 is 9.53 Å². The van der Waals surface area contributed by atoms with E-state index in [9.17, 15) is 4.79 Å². The van der Waals surface area contributed by atoms with Crippen LogP contribution in [-0.2, 0) is 0 Å². The minimum Gasteiger partial charge on any atom is -0.492 e. The highest BCUT2D eigenvalue weighted by atomic mass is 32.1. The SMILES string of the molecule is COc1c(N2CCCC(C)C2)sc(C(=O)C(C)C)c1N. The second-order valence-corrected chi connectivity index (χ2v) is 6.89. The van der Waals surface area contributed by atoms with Gasteiger partial charge < -0.3 is 15.4 Å². The summed E-state index contributed by atoms with van der Waals surface area (Å²) in [5, 5.41) is 1.01. The number of ether oxygens (including phenoxy) is 1. The highest BCUT2D eigenvalue weighted by Gasteiger charge is 2.28. The predicted molar refractivity (Wildman–Crippen MR) is 85.1 cm³/mol. The van der Waals surface area contributed by atoms with Crippen LogP contribution in [-0.4, -0.2) is 26.0 Å². The van der Waals surface area contributed by atoms with E-state index >= 15 is 0 Å². The molecule has 1 aromatic rings. The lowest BCUT2D eigenvalue weighted by Gasteiger charge is -2.32. The summed E-state index contributed by atoms with van der Waals surface area (Å²) in [6.45, 7) is 8.07. The fraction of sp³-hybridized carbons (Fsp3) is 0.667. The van der Waals surface area contributed by atoms with Gasteiger partial charge in [-0.1, -0.05) is 20.8 Å². The lowest BCUT2D eigenvalue weighted by molar-refractivity contribution is 0.0944. The monoisotopic (exact) mass is 296 g/mol. The molecule has 2 heterocycles. The molecule has 4 nitrogen and oxygen atoms in total. The average molecular weight is 296 g/mol. The van der Waals surface area contributed by atoms with E-state index in [0.717, 1.165) is 18.1 Å². The van der Waals surface area contributed by atoms with Gasteiger partial charge in [0.25, 0.3) is 0 Å². The minimum absolute atomic E-state index is 0.0474. The molecule has 2 rings (SSSR count). The van der Waals surface area contributed by atoms with Gasteiger partial charge in [-0.15, -0.1) is 11.3 Å². The quantitative estimate of drug-likeness (QED) is 0.865. The summed E-state index contributed by atoms with van der Waals surface area (Å²) < 4.78 is 5.47. The lowest BCUT2D eigenvalue weighted by atomic mass is 10.0. The zero-order valence-corrected chi connectivity index (χ0v) is 13.5. The van der Waals surface area contributed by atoms with Gasteiger partial charge in [0, 0.05) is 19.0 Å². The smallest absolute Gasteiger partial charge is 0.177 e. The molecule has 1 saturated heterocycles. The Morgan fingerprint density at radius 1 is 1.50 bits per heavy atom. The molecule has 0 bridgehead atoms. The van der Waals surface area contributed by atoms with Crippen LogP contribution in [0.2, 0.25) is 0 Å². The molecule has 0 aliphatic carbocycles. The number of thiophene rings is 1. The molecule has 1 aliphatic heterocycles. The molecule has 1 aromatic heterocycles. The highest BCUT2D eigenvalue weighted by Crippen LogP contribution is 2.46. The fourth-order valence-electron chi connectivity index (χ4n) is 2.64. The van der Waals surface area contributed by atoms with E-state index in [0.29, 0.717) is 22.2 Å². The Morgan fingerprint density at radius 3 is 2.75 bits per heavy atom. The van der Waals surface area contributed by atoms with Gasteiger partial charge in [0.05, 0.1) is 17.7 Å². The molecule has 5 heteroatoms. The zero-order valence-electron chi connectivity index (χ0n) is 12.7. The molecule has 2 N–H and O–H groups in total. The first-order valence-corrected chi connectivity index (χ1v) is 8.02. The van der Waals surface area contributed by atoms with Crippen molar-refractivity contribution in [3.05, 3.63) is 4.88 Å². The molecule has 20 heavy (non-hydrogen) atoms. The van der Waals surface area contributed by atoms with Crippen molar-refractivity contribution in [2.75, 3.05) is 30.8 Å². The second-order valence-electron chi connectivity index (χ2n) is 5.90. The van der Waals surface area contributed by atoms with E-state index in [4.69, 9.17) is 10.5 Å². The molecule has 1 fully saturated rings. The number of carbonyl (C=O) groups is 1. The third kappa shape index (κ3) is 2.77. The molecular weight excluding hydrogens is 272 g/mol. The van der Waals surface area contributed by atoms with E-state index in [1.165, 1.54) is 24.2 Å². The summed E-state index contributed by atoms with van der Waals surface area (Å²) in [7, 11) is 1.62. The molecular formula is C15H24N2O2S. The summed E-state index contributed by atoms with van der Waals surface area (Å²) in [6.07, 6.45) is 2.44. The predicted octanol–water partition coefficient (Wildman–Crippen LogP) is 3.41. The van der Waals surface area contributed by atoms with Crippen LogP contribution in [0.1, 0.15) is 43.3 Å². The van der Waals surface area contributed by atoms with Gasteiger partial charge in [-0.2, -0.15) is 0 Å². The Hall–Kier alpha value is -1.23. The standard InChI is InChI=1S/C15H24N2O2S/c1-9(2)12(18)14-11(16)13(19-4)15(20-14)17-7-5-6-10(3)8-17/h9-10H,5-8,16H2,1-4H3. The normalized spacial score (nSPS) is 19.4. The highest BCUT2D eigenvalue weighted by molar-refractivity contribution is 7.19. The van der Waals surface area contributed by atoms with Crippen LogP contribution in [0, 0.1) is 11.8 Å². The molecule has 0 saturated carbocycles. The Bertz CT molecular complexity index is 496. The summed E-state index contributed by atoms with van der Waals surface area (Å²) in [5.41, 5.74) is 6.64. The van der Waals surface area contributed by atoms with Crippen molar-refractivity contribution in [2.45, 2.75) is 33.6 Å². The molecule has 1 aliphatic rings. The Labute approximate surface area is 124 Å². The van der Waals surface area contributed by atoms with Gasteiger partial charge in [0.15, 0.2) is 11.5 Å². The topological polar surface area (TPSA) is 55.6 Å². The number of anilines is 2. The number of hydrogen-bond acceptors (Lipinski definition) is 5. The van der Waals surface area contributed by atoms with E-state index in [-0.39, 0.29) is 11.7 Å². The van der Waals surface area contributed by atoms with Gasteiger partial charge in [0.2, 0.25) is 0 Å². The Balaban J connectivity index is 2.37. The van der Waals surface area contributed by atoms with E-state index in [2.05, 4.69) is 11.8 Å². The van der Waals surface area contributed by atoms with Crippen LogP contribution in [0.25, 0.3) is 0 Å². The van der Waals surface area contributed by atoms with Gasteiger partial charge in [0.1, 0.15) is 5.00 Å². The molecule has 0 radical (unpaired) electrons. The van der Waals surface area contributed by atoms with Crippen LogP contribution >= 0.6 is 11.3 Å². The lowest BCUT2D eigenvalue weighted by Crippen LogP contribution is -2.33. The summed E-state index contributed by atoms with van der Waals surface area (Å²) in [5.74, 6) is 1.39. The van der Waals surface area contributed by atoms with Crippen molar-refractivity contribution in [2.24, 2.45) is 11.8 Å². The largest absolute Gasteiger partial charge is 0.492 e. The van der Waals surface area contributed by atoms with Crippen LogP contribution in [0.5, 0.6) is 5.75 Å². The minimum atomic E-state index is -0.0474. The van der Waals surface area contributed by atoms with Crippen LogP contribution in [0.3, 0.4) is 0 Å². The van der Waals surface area contributed by atoms with Gasteiger partial charge in [-0.05, 0) is 18.8 Å². The van der Waals surface area contributed by atoms with Crippen molar-refractivity contribution in [3.8, 4) is 5.75 Å². The number of Topliss-reactive ketones (excluding diaryl/α,β-unsaturated/α-hetero) is 1. The van der Waals surface area contributed by atoms with Gasteiger partial charge in [-0.25, -0.2) is 0 Å². The van der Waals surface area contributed by atoms with Crippen molar-refractivity contribution in [3.63, 3.8) is 0 Å². The molecule has 0 amide bonds. The van der Waals surface area contributed by atoms with Gasteiger partial charge in [-0.3, -0.25) is 4.79 Å².